The van der Waals surface area contributed by atoms with Gasteiger partial charge in [-0.05, 0) is 31.7 Å². The van der Waals surface area contributed by atoms with Crippen LogP contribution in [0.1, 0.15) is 26.7 Å². The topological polar surface area (TPSA) is 83.5 Å². The Morgan fingerprint density at radius 3 is 2.65 bits per heavy atom. The molecular weight excluding hydrogens is 262 g/mol. The van der Waals surface area contributed by atoms with E-state index in [1.807, 2.05) is 0 Å². The fraction of sp³-hybridized carbons (Fsp3) is 0.500. The standard InChI is InChI=1S/C10H15NO4S2/c1-10(2,5-3-9(12)13)11-17(14,15)8-4-6-16-7-8/h4,6-7,11H,3,5H2,1-2H3,(H,12,13). The molecule has 0 aromatic carbocycles. The Hall–Kier alpha value is -0.920. The molecule has 5 nitrogen and oxygen atoms in total. The van der Waals surface area contributed by atoms with Crippen LogP contribution in [0.2, 0.25) is 0 Å². The highest BCUT2D eigenvalue weighted by atomic mass is 32.2. The van der Waals surface area contributed by atoms with Crippen LogP contribution in [0.25, 0.3) is 0 Å². The quantitative estimate of drug-likeness (QED) is 0.828. The second-order valence-electron chi connectivity index (χ2n) is 4.34. The maximum atomic E-state index is 11.9. The second-order valence-corrected chi connectivity index (χ2v) is 6.80. The first-order chi connectivity index (χ1) is 7.73. The summed E-state index contributed by atoms with van der Waals surface area (Å²) in [6, 6.07) is 1.51. The highest BCUT2D eigenvalue weighted by molar-refractivity contribution is 7.89. The fourth-order valence-electron chi connectivity index (χ4n) is 1.30. The van der Waals surface area contributed by atoms with Crippen molar-refractivity contribution in [1.29, 1.82) is 0 Å². The molecule has 7 heteroatoms. The number of carboxylic acids is 1. The summed E-state index contributed by atoms with van der Waals surface area (Å²) >= 11 is 1.30. The highest BCUT2D eigenvalue weighted by Gasteiger charge is 2.26. The zero-order valence-electron chi connectivity index (χ0n) is 9.63. The van der Waals surface area contributed by atoms with E-state index in [-0.39, 0.29) is 17.7 Å². The highest BCUT2D eigenvalue weighted by Crippen LogP contribution is 2.18. The number of rotatable bonds is 6. The molecule has 1 heterocycles. The lowest BCUT2D eigenvalue weighted by Crippen LogP contribution is -2.43. The van der Waals surface area contributed by atoms with Crippen molar-refractivity contribution in [2.75, 3.05) is 0 Å². The van der Waals surface area contributed by atoms with Crippen LogP contribution in [0.4, 0.5) is 0 Å². The first-order valence-electron chi connectivity index (χ1n) is 5.01. The summed E-state index contributed by atoms with van der Waals surface area (Å²) in [4.78, 5) is 10.7. The van der Waals surface area contributed by atoms with Gasteiger partial charge in [-0.25, -0.2) is 13.1 Å². The number of carbonyl (C=O) groups is 1. The summed E-state index contributed by atoms with van der Waals surface area (Å²) in [5, 5.41) is 11.8. The number of hydrogen-bond donors (Lipinski definition) is 2. The van der Waals surface area contributed by atoms with E-state index in [0.717, 1.165) is 0 Å². The Morgan fingerprint density at radius 2 is 2.18 bits per heavy atom. The van der Waals surface area contributed by atoms with Gasteiger partial charge in [0, 0.05) is 17.3 Å². The number of carboxylic acid groups (broad SMARTS) is 1. The minimum atomic E-state index is -3.56. The van der Waals surface area contributed by atoms with Gasteiger partial charge in [0.05, 0.1) is 4.90 Å². The molecule has 0 unspecified atom stereocenters. The van der Waals surface area contributed by atoms with Gasteiger partial charge in [-0.2, -0.15) is 11.3 Å². The van der Waals surface area contributed by atoms with Crippen LogP contribution in [0.15, 0.2) is 21.7 Å². The van der Waals surface area contributed by atoms with Crippen molar-refractivity contribution in [3.63, 3.8) is 0 Å². The normalized spacial score (nSPS) is 12.6. The molecule has 0 bridgehead atoms. The van der Waals surface area contributed by atoms with E-state index in [1.54, 1.807) is 19.2 Å². The summed E-state index contributed by atoms with van der Waals surface area (Å²) in [6.45, 7) is 3.33. The molecule has 0 radical (unpaired) electrons. The van der Waals surface area contributed by atoms with Crippen molar-refractivity contribution in [3.05, 3.63) is 16.8 Å². The van der Waals surface area contributed by atoms with Crippen molar-refractivity contribution in [3.8, 4) is 0 Å². The van der Waals surface area contributed by atoms with Gasteiger partial charge in [-0.1, -0.05) is 0 Å². The van der Waals surface area contributed by atoms with Crippen LogP contribution < -0.4 is 4.72 Å². The molecule has 1 aromatic heterocycles. The summed E-state index contributed by atoms with van der Waals surface area (Å²) in [5.74, 6) is -0.937. The molecule has 0 saturated heterocycles. The smallest absolute Gasteiger partial charge is 0.303 e. The molecule has 0 aliphatic rings. The summed E-state index contributed by atoms with van der Waals surface area (Å²) < 4.78 is 26.3. The van der Waals surface area contributed by atoms with Crippen LogP contribution in [-0.4, -0.2) is 25.0 Å². The van der Waals surface area contributed by atoms with Crippen LogP contribution in [-0.2, 0) is 14.8 Å². The van der Waals surface area contributed by atoms with Crippen LogP contribution in [0, 0.1) is 0 Å². The third-order valence-electron chi connectivity index (χ3n) is 2.18. The maximum Gasteiger partial charge on any atom is 0.303 e. The number of hydrogen-bond acceptors (Lipinski definition) is 4. The largest absolute Gasteiger partial charge is 0.481 e. The molecule has 0 atom stereocenters. The molecule has 1 rings (SSSR count). The lowest BCUT2D eigenvalue weighted by molar-refractivity contribution is -0.137. The van der Waals surface area contributed by atoms with Crippen molar-refractivity contribution in [2.24, 2.45) is 0 Å². The van der Waals surface area contributed by atoms with Gasteiger partial charge in [0.1, 0.15) is 0 Å². The van der Waals surface area contributed by atoms with E-state index in [4.69, 9.17) is 5.11 Å². The Bertz CT molecular complexity index is 476. The van der Waals surface area contributed by atoms with Crippen molar-refractivity contribution < 1.29 is 18.3 Å². The maximum absolute atomic E-state index is 11.9. The van der Waals surface area contributed by atoms with Gasteiger partial charge in [-0.15, -0.1) is 0 Å². The third-order valence-corrected chi connectivity index (χ3v) is 4.71. The predicted molar refractivity (Wildman–Crippen MR) is 65.6 cm³/mol. The average molecular weight is 277 g/mol. The molecule has 0 spiro atoms. The molecule has 0 saturated carbocycles. The molecule has 0 aliphatic carbocycles. The molecular formula is C10H15NO4S2. The van der Waals surface area contributed by atoms with E-state index in [1.165, 1.54) is 22.8 Å². The van der Waals surface area contributed by atoms with Crippen molar-refractivity contribution in [2.45, 2.75) is 37.1 Å². The Balaban J connectivity index is 2.73. The molecule has 2 N–H and O–H groups in total. The Labute approximate surface area is 105 Å². The molecule has 0 fully saturated rings. The SMILES string of the molecule is CC(C)(CCC(=O)O)NS(=O)(=O)c1ccsc1. The van der Waals surface area contributed by atoms with E-state index in [0.29, 0.717) is 0 Å². The lowest BCUT2D eigenvalue weighted by Gasteiger charge is -2.24. The molecule has 0 aliphatic heterocycles. The van der Waals surface area contributed by atoms with Crippen LogP contribution >= 0.6 is 11.3 Å². The first-order valence-corrected chi connectivity index (χ1v) is 7.43. The number of thiophene rings is 1. The van der Waals surface area contributed by atoms with Crippen molar-refractivity contribution in [1.82, 2.24) is 4.72 Å². The predicted octanol–water partition coefficient (Wildman–Crippen LogP) is 1.67. The van der Waals surface area contributed by atoms with E-state index in [9.17, 15) is 13.2 Å². The molecule has 1 aromatic rings. The lowest BCUT2D eigenvalue weighted by atomic mass is 10.0. The van der Waals surface area contributed by atoms with Gasteiger partial charge >= 0.3 is 5.97 Å². The molecule has 17 heavy (non-hydrogen) atoms. The number of sulfonamides is 1. The third kappa shape index (κ3) is 4.45. The fourth-order valence-corrected chi connectivity index (χ4v) is 3.77. The zero-order valence-corrected chi connectivity index (χ0v) is 11.3. The van der Waals surface area contributed by atoms with Gasteiger partial charge in [0.2, 0.25) is 10.0 Å². The average Bonchev–Trinajstić information content (AvgIpc) is 2.66. The van der Waals surface area contributed by atoms with Gasteiger partial charge in [0.25, 0.3) is 0 Å². The number of aliphatic carboxylic acids is 1. The van der Waals surface area contributed by atoms with Gasteiger partial charge < -0.3 is 5.11 Å². The van der Waals surface area contributed by atoms with Crippen LogP contribution in [0.3, 0.4) is 0 Å². The second kappa shape index (κ2) is 5.16. The Morgan fingerprint density at radius 1 is 1.53 bits per heavy atom. The summed E-state index contributed by atoms with van der Waals surface area (Å²) in [5.41, 5.74) is -0.779. The van der Waals surface area contributed by atoms with Crippen molar-refractivity contribution >= 4 is 27.3 Å². The summed E-state index contributed by atoms with van der Waals surface area (Å²) in [7, 11) is -3.56. The van der Waals surface area contributed by atoms with Gasteiger partial charge in [0.15, 0.2) is 0 Å². The van der Waals surface area contributed by atoms with E-state index < -0.39 is 21.5 Å². The van der Waals surface area contributed by atoms with E-state index in [2.05, 4.69) is 4.72 Å². The molecule has 0 amide bonds. The Kier molecular flexibility index (Phi) is 4.29. The monoisotopic (exact) mass is 277 g/mol. The molecule has 96 valence electrons. The first kappa shape index (κ1) is 14.1. The minimum absolute atomic E-state index is 0.0703. The van der Waals surface area contributed by atoms with E-state index >= 15 is 0 Å². The van der Waals surface area contributed by atoms with Crippen LogP contribution in [0.5, 0.6) is 0 Å². The van der Waals surface area contributed by atoms with Gasteiger partial charge in [-0.3, -0.25) is 4.79 Å². The zero-order chi connectivity index (χ0) is 13.1. The minimum Gasteiger partial charge on any atom is -0.481 e. The number of nitrogens with one attached hydrogen (secondary N) is 1. The summed E-state index contributed by atoms with van der Waals surface area (Å²) in [6.07, 6.45) is 0.171.